The first-order chi connectivity index (χ1) is 21.0. The van der Waals surface area contributed by atoms with Crippen molar-refractivity contribution in [3.8, 4) is 17.1 Å². The normalized spacial score (nSPS) is 21.5. The Balaban J connectivity index is 1.45. The summed E-state index contributed by atoms with van der Waals surface area (Å²) in [5.74, 6) is 0.570. The van der Waals surface area contributed by atoms with Gasteiger partial charge in [0.1, 0.15) is 6.61 Å². The van der Waals surface area contributed by atoms with Gasteiger partial charge in [0.05, 0.1) is 16.6 Å². The third kappa shape index (κ3) is 6.19. The molecule has 3 aromatic rings. The van der Waals surface area contributed by atoms with Crippen LogP contribution in [-0.2, 0) is 10.0 Å². The van der Waals surface area contributed by atoms with Gasteiger partial charge in [-0.25, -0.2) is 18.1 Å². The molecule has 2 N–H and O–H groups in total. The quantitative estimate of drug-likeness (QED) is 0.369. The highest BCUT2D eigenvalue weighted by Crippen LogP contribution is 2.51. The van der Waals surface area contributed by atoms with E-state index in [2.05, 4.69) is 53.8 Å². The lowest BCUT2D eigenvalue weighted by molar-refractivity contribution is -0.0368. The van der Waals surface area contributed by atoms with Crippen molar-refractivity contribution in [3.05, 3.63) is 65.7 Å². The molecule has 234 valence electrons. The van der Waals surface area contributed by atoms with E-state index in [0.717, 1.165) is 56.3 Å². The van der Waals surface area contributed by atoms with Gasteiger partial charge in [-0.2, -0.15) is 4.98 Å². The first-order valence-corrected chi connectivity index (χ1v) is 17.3. The zero-order chi connectivity index (χ0) is 31.1. The van der Waals surface area contributed by atoms with E-state index in [0.29, 0.717) is 17.2 Å². The lowest BCUT2D eigenvalue weighted by Crippen LogP contribution is -2.59. The predicted octanol–water partition coefficient (Wildman–Crippen LogP) is 5.85. The summed E-state index contributed by atoms with van der Waals surface area (Å²) in [4.78, 5) is 25.5. The number of hydrogen-bond donors (Lipinski definition) is 2. The van der Waals surface area contributed by atoms with Gasteiger partial charge in [-0.05, 0) is 86.2 Å². The molecular weight excluding hydrogens is 574 g/mol. The summed E-state index contributed by atoms with van der Waals surface area (Å²) in [6.45, 7) is 10.8. The number of carbonyl (C=O) groups excluding carboxylic acids is 1. The SMILES string of the molecule is CC(C)C[C@@H]1COc2cc(-c3ccccc3C(C)C)nc(n2)NS(=O)(=O)c2cccc(c2)C(=O)N1C1CC2(CCNCC2)C1. The summed E-state index contributed by atoms with van der Waals surface area (Å²) in [7, 11) is -4.10. The van der Waals surface area contributed by atoms with Crippen LogP contribution in [0.4, 0.5) is 5.95 Å². The van der Waals surface area contributed by atoms with Crippen molar-refractivity contribution in [2.24, 2.45) is 11.3 Å². The number of nitrogens with one attached hydrogen (secondary N) is 2. The molecule has 2 aromatic carbocycles. The third-order valence-corrected chi connectivity index (χ3v) is 10.7. The van der Waals surface area contributed by atoms with Crippen LogP contribution in [0.1, 0.15) is 81.6 Å². The Morgan fingerprint density at radius 1 is 1.00 bits per heavy atom. The van der Waals surface area contributed by atoms with Crippen LogP contribution in [0.15, 0.2) is 59.5 Å². The van der Waals surface area contributed by atoms with Gasteiger partial charge in [0.25, 0.3) is 15.9 Å². The fourth-order valence-corrected chi connectivity index (χ4v) is 8.15. The summed E-state index contributed by atoms with van der Waals surface area (Å²) in [5, 5.41) is 3.46. The van der Waals surface area contributed by atoms with Crippen molar-refractivity contribution in [3.63, 3.8) is 0 Å². The number of ether oxygens (including phenoxy) is 1. The second kappa shape index (κ2) is 12.1. The van der Waals surface area contributed by atoms with E-state index in [-0.39, 0.29) is 52.7 Å². The van der Waals surface area contributed by atoms with Gasteiger partial charge in [0, 0.05) is 23.2 Å². The average molecular weight is 618 g/mol. The first-order valence-electron chi connectivity index (χ1n) is 15.8. The highest BCUT2D eigenvalue weighted by molar-refractivity contribution is 7.92. The maximum absolute atomic E-state index is 14.4. The summed E-state index contributed by atoms with van der Waals surface area (Å²) >= 11 is 0. The Morgan fingerprint density at radius 2 is 1.75 bits per heavy atom. The lowest BCUT2D eigenvalue weighted by atomic mass is 9.60. The number of rotatable bonds is 5. The Kier molecular flexibility index (Phi) is 8.41. The number of sulfonamides is 1. The van der Waals surface area contributed by atoms with Crippen LogP contribution in [0.25, 0.3) is 11.3 Å². The van der Waals surface area contributed by atoms with Crippen molar-refractivity contribution >= 4 is 21.9 Å². The van der Waals surface area contributed by atoms with E-state index in [4.69, 9.17) is 4.74 Å². The minimum absolute atomic E-state index is 0.00885. The van der Waals surface area contributed by atoms with E-state index >= 15 is 0 Å². The van der Waals surface area contributed by atoms with Gasteiger partial charge in [-0.1, -0.05) is 58.0 Å². The van der Waals surface area contributed by atoms with E-state index < -0.39 is 10.0 Å². The fourth-order valence-electron chi connectivity index (χ4n) is 7.16. The van der Waals surface area contributed by atoms with Gasteiger partial charge in [0.2, 0.25) is 11.8 Å². The van der Waals surface area contributed by atoms with E-state index in [9.17, 15) is 13.2 Å². The molecular formula is C34H43N5O4S. The largest absolute Gasteiger partial charge is 0.475 e. The van der Waals surface area contributed by atoms with Crippen LogP contribution in [0.2, 0.25) is 0 Å². The number of anilines is 1. The molecule has 1 atom stereocenters. The number of hydrogen-bond acceptors (Lipinski definition) is 7. The maximum Gasteiger partial charge on any atom is 0.264 e. The topological polar surface area (TPSA) is 114 Å². The smallest absolute Gasteiger partial charge is 0.264 e. The van der Waals surface area contributed by atoms with E-state index in [1.165, 1.54) is 12.1 Å². The van der Waals surface area contributed by atoms with Crippen LogP contribution in [0, 0.1) is 11.3 Å². The molecule has 1 saturated heterocycles. The Hall–Kier alpha value is -3.50. The molecule has 6 rings (SSSR count). The van der Waals surface area contributed by atoms with Gasteiger partial charge in [0.15, 0.2) is 0 Å². The number of aromatic nitrogens is 2. The molecule has 10 heteroatoms. The number of fused-ring (bicyclic) bond motifs is 4. The Bertz CT molecular complexity index is 1630. The highest BCUT2D eigenvalue weighted by Gasteiger charge is 2.49. The predicted molar refractivity (Wildman–Crippen MR) is 171 cm³/mol. The Labute approximate surface area is 260 Å². The molecule has 3 aliphatic rings. The number of nitrogens with zero attached hydrogens (tertiary/aromatic N) is 3. The molecule has 0 radical (unpaired) electrons. The lowest BCUT2D eigenvalue weighted by Gasteiger charge is -2.55. The van der Waals surface area contributed by atoms with Crippen molar-refractivity contribution < 1.29 is 17.9 Å². The minimum Gasteiger partial charge on any atom is -0.475 e. The molecule has 1 spiro atoms. The van der Waals surface area contributed by atoms with Crippen LogP contribution >= 0.6 is 0 Å². The number of carbonyl (C=O) groups is 1. The molecule has 1 aliphatic carbocycles. The molecule has 0 unspecified atom stereocenters. The van der Waals surface area contributed by atoms with Gasteiger partial charge in [-0.15, -0.1) is 0 Å². The molecule has 2 fully saturated rings. The van der Waals surface area contributed by atoms with Gasteiger partial charge < -0.3 is 15.0 Å². The van der Waals surface area contributed by atoms with Crippen LogP contribution < -0.4 is 14.8 Å². The fraction of sp³-hybridized carbons (Fsp3) is 0.500. The first kappa shape index (κ1) is 30.5. The molecule has 1 aromatic heterocycles. The number of piperidine rings is 1. The zero-order valence-corrected chi connectivity index (χ0v) is 26.9. The standard InChI is InChI=1S/C34H43N5O4S/c1-22(2)16-25-21-43-31-18-30(29-11-6-5-10-28(29)23(3)4)36-33(37-31)38-44(41,42)27-9-7-8-24(17-27)32(40)39(25)26-19-34(20-26)12-14-35-15-13-34/h5-11,17-18,22-23,25-26,35H,12-16,19-21H2,1-4H3,(H,36,37,38)/t25-/m1/s1. The summed E-state index contributed by atoms with van der Waals surface area (Å²) in [5.41, 5.74) is 3.16. The minimum atomic E-state index is -4.10. The summed E-state index contributed by atoms with van der Waals surface area (Å²) in [6, 6.07) is 15.9. The molecule has 9 nitrogen and oxygen atoms in total. The maximum atomic E-state index is 14.4. The van der Waals surface area contributed by atoms with Crippen molar-refractivity contribution in [2.45, 2.75) is 82.7 Å². The average Bonchev–Trinajstić information content (AvgIpc) is 2.98. The Morgan fingerprint density at radius 3 is 2.48 bits per heavy atom. The molecule has 44 heavy (non-hydrogen) atoms. The molecule has 3 heterocycles. The highest BCUT2D eigenvalue weighted by atomic mass is 32.2. The van der Waals surface area contributed by atoms with Crippen molar-refractivity contribution in [1.82, 2.24) is 20.2 Å². The van der Waals surface area contributed by atoms with Gasteiger partial charge >= 0.3 is 0 Å². The monoisotopic (exact) mass is 617 g/mol. The van der Waals surface area contributed by atoms with Crippen LogP contribution in [-0.4, -0.2) is 61.0 Å². The van der Waals surface area contributed by atoms with Crippen molar-refractivity contribution in [2.75, 3.05) is 24.4 Å². The third-order valence-electron chi connectivity index (χ3n) is 9.37. The van der Waals surface area contributed by atoms with E-state index in [1.807, 2.05) is 23.1 Å². The van der Waals surface area contributed by atoms with Gasteiger partial charge in [-0.3, -0.25) is 4.79 Å². The molecule has 4 bridgehead atoms. The summed E-state index contributed by atoms with van der Waals surface area (Å²) < 4.78 is 36.2. The van der Waals surface area contributed by atoms with Crippen LogP contribution in [0.3, 0.4) is 0 Å². The molecule has 1 saturated carbocycles. The summed E-state index contributed by atoms with van der Waals surface area (Å²) in [6.07, 6.45) is 4.86. The molecule has 2 aliphatic heterocycles. The second-order valence-electron chi connectivity index (χ2n) is 13.4. The zero-order valence-electron chi connectivity index (χ0n) is 26.0. The van der Waals surface area contributed by atoms with E-state index in [1.54, 1.807) is 18.2 Å². The molecule has 1 amide bonds. The number of amides is 1. The second-order valence-corrected chi connectivity index (χ2v) is 15.1. The van der Waals surface area contributed by atoms with Crippen LogP contribution in [0.5, 0.6) is 5.88 Å². The van der Waals surface area contributed by atoms with Crippen molar-refractivity contribution in [1.29, 1.82) is 0 Å². The number of benzene rings is 2.